The molecule has 1 aliphatic rings. The minimum Gasteiger partial charge on any atom is -0.382 e. The predicted molar refractivity (Wildman–Crippen MR) is 89.3 cm³/mol. The molecule has 1 aromatic carbocycles. The first-order valence-electron chi connectivity index (χ1n) is 7.27. The highest BCUT2D eigenvalue weighted by Crippen LogP contribution is 2.39. The van der Waals surface area contributed by atoms with Gasteiger partial charge in [0.25, 0.3) is 0 Å². The maximum atomic E-state index is 12.4. The summed E-state index contributed by atoms with van der Waals surface area (Å²) in [6.07, 6.45) is -4.36. The van der Waals surface area contributed by atoms with E-state index in [1.165, 1.54) is 0 Å². The number of hydrogen-bond donors (Lipinski definition) is 2. The molecule has 6 nitrogen and oxygen atoms in total. The van der Waals surface area contributed by atoms with Crippen LogP contribution in [0.4, 0.5) is 30.5 Å². The lowest BCUT2D eigenvalue weighted by molar-refractivity contribution is -0.108. The Labute approximate surface area is 145 Å². The Hall–Kier alpha value is -2.49. The standard InChI is InChI=1S/C15H14F3N5OS/c16-15(17,18)8-25-14-21-12(19)11-13(22-14)23(10(7-24)20-11)6-9-4-2-1-3-5-9/h1-5,7,10,20H,6,8H2,(H2,19,21,22). The number of anilines is 3. The van der Waals surface area contributed by atoms with Gasteiger partial charge in [0.2, 0.25) is 0 Å². The van der Waals surface area contributed by atoms with Crippen molar-refractivity contribution < 1.29 is 18.0 Å². The maximum absolute atomic E-state index is 12.4. The summed E-state index contributed by atoms with van der Waals surface area (Å²) >= 11 is 0.455. The van der Waals surface area contributed by atoms with Gasteiger partial charge in [-0.2, -0.15) is 13.2 Å². The topological polar surface area (TPSA) is 84.1 Å². The number of aldehydes is 1. The van der Waals surface area contributed by atoms with E-state index in [0.29, 0.717) is 36.1 Å². The third-order valence-electron chi connectivity index (χ3n) is 3.49. The zero-order valence-electron chi connectivity index (χ0n) is 12.8. The zero-order valence-corrected chi connectivity index (χ0v) is 13.6. The molecule has 2 aromatic rings. The molecule has 0 spiro atoms. The van der Waals surface area contributed by atoms with Gasteiger partial charge in [0.15, 0.2) is 29.2 Å². The highest BCUT2D eigenvalue weighted by Gasteiger charge is 2.34. The van der Waals surface area contributed by atoms with E-state index in [1.807, 2.05) is 30.3 Å². The molecule has 0 radical (unpaired) electrons. The SMILES string of the molecule is Nc1nc(SCC(F)(F)F)nc2c1NC(C=O)N2Cc1ccccc1. The molecule has 0 saturated carbocycles. The van der Waals surface area contributed by atoms with Crippen LogP contribution in [-0.2, 0) is 11.3 Å². The number of carbonyl (C=O) groups excluding carboxylic acids is 1. The summed E-state index contributed by atoms with van der Waals surface area (Å²) in [5.41, 5.74) is 7.11. The van der Waals surface area contributed by atoms with Gasteiger partial charge in [0.1, 0.15) is 5.69 Å². The normalized spacial score (nSPS) is 16.4. The number of hydrogen-bond acceptors (Lipinski definition) is 7. The van der Waals surface area contributed by atoms with Crippen molar-refractivity contribution in [3.63, 3.8) is 0 Å². The van der Waals surface area contributed by atoms with Crippen LogP contribution in [0.25, 0.3) is 0 Å². The van der Waals surface area contributed by atoms with E-state index in [4.69, 9.17) is 5.73 Å². The van der Waals surface area contributed by atoms with Crippen molar-refractivity contribution in [3.05, 3.63) is 35.9 Å². The van der Waals surface area contributed by atoms with Gasteiger partial charge in [-0.05, 0) is 5.56 Å². The van der Waals surface area contributed by atoms with Crippen LogP contribution in [0.2, 0.25) is 0 Å². The predicted octanol–water partition coefficient (Wildman–Crippen LogP) is 2.67. The summed E-state index contributed by atoms with van der Waals surface area (Å²) in [4.78, 5) is 21.1. The Bertz CT molecular complexity index is 772. The van der Waals surface area contributed by atoms with Gasteiger partial charge in [-0.25, -0.2) is 9.97 Å². The fourth-order valence-corrected chi connectivity index (χ4v) is 3.03. The number of carbonyl (C=O) groups is 1. The van der Waals surface area contributed by atoms with E-state index in [0.717, 1.165) is 5.56 Å². The molecule has 0 amide bonds. The highest BCUT2D eigenvalue weighted by atomic mass is 32.2. The number of aromatic nitrogens is 2. The maximum Gasteiger partial charge on any atom is 0.398 e. The summed E-state index contributed by atoms with van der Waals surface area (Å²) in [5, 5.41) is 2.82. The lowest BCUT2D eigenvalue weighted by atomic mass is 10.2. The van der Waals surface area contributed by atoms with E-state index in [-0.39, 0.29) is 11.0 Å². The Morgan fingerprint density at radius 2 is 2.00 bits per heavy atom. The van der Waals surface area contributed by atoms with E-state index >= 15 is 0 Å². The highest BCUT2D eigenvalue weighted by molar-refractivity contribution is 7.99. The number of rotatable bonds is 5. The first-order valence-corrected chi connectivity index (χ1v) is 8.25. The Morgan fingerprint density at radius 3 is 2.64 bits per heavy atom. The average Bonchev–Trinajstić information content (AvgIpc) is 2.92. The molecule has 1 aliphatic heterocycles. The van der Waals surface area contributed by atoms with Gasteiger partial charge in [0, 0.05) is 6.54 Å². The van der Waals surface area contributed by atoms with Gasteiger partial charge in [0.05, 0.1) is 5.75 Å². The third-order valence-corrected chi connectivity index (χ3v) is 4.40. The molecule has 0 aliphatic carbocycles. The third kappa shape index (κ3) is 3.95. The number of alkyl halides is 3. The number of nitrogens with zero attached hydrogens (tertiary/aromatic N) is 3. The second-order valence-electron chi connectivity index (χ2n) is 5.33. The van der Waals surface area contributed by atoms with Crippen molar-refractivity contribution in [1.29, 1.82) is 0 Å². The number of nitrogen functional groups attached to an aromatic ring is 1. The first kappa shape index (κ1) is 17.3. The summed E-state index contributed by atoms with van der Waals surface area (Å²) < 4.78 is 37.3. The summed E-state index contributed by atoms with van der Waals surface area (Å²) in [6, 6.07) is 9.33. The molecular weight excluding hydrogens is 355 g/mol. The molecule has 10 heteroatoms. The molecule has 0 saturated heterocycles. The Kier molecular flexibility index (Phi) is 4.71. The van der Waals surface area contributed by atoms with Gasteiger partial charge in [-0.15, -0.1) is 0 Å². The van der Waals surface area contributed by atoms with E-state index in [2.05, 4.69) is 15.3 Å². The average molecular weight is 369 g/mol. The van der Waals surface area contributed by atoms with E-state index in [9.17, 15) is 18.0 Å². The van der Waals surface area contributed by atoms with Crippen LogP contribution in [0.5, 0.6) is 0 Å². The van der Waals surface area contributed by atoms with Crippen LogP contribution in [-0.4, -0.2) is 34.3 Å². The zero-order chi connectivity index (χ0) is 18.0. The molecule has 3 N–H and O–H groups in total. The number of nitrogens with one attached hydrogen (secondary N) is 1. The smallest absolute Gasteiger partial charge is 0.382 e. The van der Waals surface area contributed by atoms with E-state index < -0.39 is 18.1 Å². The van der Waals surface area contributed by atoms with Crippen LogP contribution in [0.3, 0.4) is 0 Å². The molecule has 1 atom stereocenters. The van der Waals surface area contributed by atoms with Crippen LogP contribution >= 0.6 is 11.8 Å². The van der Waals surface area contributed by atoms with Crippen molar-refractivity contribution in [2.75, 3.05) is 21.7 Å². The number of fused-ring (bicyclic) bond motifs is 1. The fourth-order valence-electron chi connectivity index (χ4n) is 2.42. The fraction of sp³-hybridized carbons (Fsp3) is 0.267. The van der Waals surface area contributed by atoms with Crippen LogP contribution < -0.4 is 16.0 Å². The number of benzene rings is 1. The minimum absolute atomic E-state index is 0.0112. The van der Waals surface area contributed by atoms with Crippen molar-refractivity contribution in [3.8, 4) is 0 Å². The quantitative estimate of drug-likeness (QED) is 0.476. The number of thioether (sulfide) groups is 1. The summed E-state index contributed by atoms with van der Waals surface area (Å²) in [5.74, 6) is -0.788. The van der Waals surface area contributed by atoms with Gasteiger partial charge in [-0.1, -0.05) is 42.1 Å². The van der Waals surface area contributed by atoms with Gasteiger partial charge >= 0.3 is 6.18 Å². The molecule has 0 bridgehead atoms. The lowest BCUT2D eigenvalue weighted by Gasteiger charge is -2.22. The molecule has 2 heterocycles. The van der Waals surface area contributed by atoms with Crippen molar-refractivity contribution >= 4 is 35.4 Å². The molecule has 0 fully saturated rings. The molecular formula is C15H14F3N5OS. The molecule has 1 unspecified atom stereocenters. The molecule has 3 rings (SSSR count). The second kappa shape index (κ2) is 6.79. The number of nitrogens with two attached hydrogens (primary N) is 1. The van der Waals surface area contributed by atoms with Crippen molar-refractivity contribution in [2.45, 2.75) is 24.0 Å². The van der Waals surface area contributed by atoms with Gasteiger partial charge < -0.3 is 16.0 Å². The van der Waals surface area contributed by atoms with Crippen molar-refractivity contribution in [2.24, 2.45) is 0 Å². The molecule has 25 heavy (non-hydrogen) atoms. The Balaban J connectivity index is 1.91. The monoisotopic (exact) mass is 369 g/mol. The van der Waals surface area contributed by atoms with Crippen LogP contribution in [0.1, 0.15) is 5.56 Å². The number of halogens is 3. The second-order valence-corrected chi connectivity index (χ2v) is 6.28. The summed E-state index contributed by atoms with van der Waals surface area (Å²) in [6.45, 7) is 0.351. The lowest BCUT2D eigenvalue weighted by Crippen LogP contribution is -2.36. The largest absolute Gasteiger partial charge is 0.398 e. The minimum atomic E-state index is -4.34. The summed E-state index contributed by atoms with van der Waals surface area (Å²) in [7, 11) is 0. The van der Waals surface area contributed by atoms with Crippen LogP contribution in [0.15, 0.2) is 35.5 Å². The molecule has 1 aromatic heterocycles. The van der Waals surface area contributed by atoms with Crippen molar-refractivity contribution in [1.82, 2.24) is 9.97 Å². The van der Waals surface area contributed by atoms with E-state index in [1.54, 1.807) is 4.90 Å². The van der Waals surface area contributed by atoms with Crippen LogP contribution in [0, 0.1) is 0 Å². The first-order chi connectivity index (χ1) is 11.9. The van der Waals surface area contributed by atoms with Gasteiger partial charge in [-0.3, -0.25) is 4.79 Å². The molecule has 132 valence electrons. The Morgan fingerprint density at radius 1 is 1.28 bits per heavy atom.